The minimum atomic E-state index is -0.326. The van der Waals surface area contributed by atoms with Crippen LogP contribution in [0.3, 0.4) is 0 Å². The zero-order valence-corrected chi connectivity index (χ0v) is 18.8. The van der Waals surface area contributed by atoms with E-state index in [4.69, 9.17) is 9.47 Å². The van der Waals surface area contributed by atoms with Gasteiger partial charge in [-0.1, -0.05) is 42.5 Å². The van der Waals surface area contributed by atoms with Crippen molar-refractivity contribution in [3.63, 3.8) is 0 Å². The van der Waals surface area contributed by atoms with Gasteiger partial charge in [-0.25, -0.2) is 4.79 Å². The molecule has 0 spiro atoms. The number of methoxy groups -OCH3 is 2. The molecule has 3 amide bonds. The van der Waals surface area contributed by atoms with Crippen molar-refractivity contribution in [1.29, 1.82) is 0 Å². The van der Waals surface area contributed by atoms with Gasteiger partial charge < -0.3 is 19.7 Å². The summed E-state index contributed by atoms with van der Waals surface area (Å²) in [6.45, 7) is 1.78. The Balaban J connectivity index is 1.62. The van der Waals surface area contributed by atoms with E-state index in [0.717, 1.165) is 12.0 Å². The normalized spacial score (nSPS) is 13.6. The van der Waals surface area contributed by atoms with Crippen LogP contribution in [0.1, 0.15) is 22.3 Å². The molecular weight excluding hydrogens is 418 g/mol. The van der Waals surface area contributed by atoms with Crippen LogP contribution in [0, 0.1) is 0 Å². The number of hydrogen-bond acceptors (Lipinski definition) is 4. The Bertz CT molecular complexity index is 1130. The number of benzene rings is 3. The predicted octanol–water partition coefficient (Wildman–Crippen LogP) is 4.79. The summed E-state index contributed by atoms with van der Waals surface area (Å²) in [5, 5.41) is 2.95. The van der Waals surface area contributed by atoms with Gasteiger partial charge in [-0.3, -0.25) is 9.69 Å². The number of nitrogens with zero attached hydrogens (tertiary/aromatic N) is 2. The van der Waals surface area contributed by atoms with Crippen LogP contribution in [0.25, 0.3) is 0 Å². The summed E-state index contributed by atoms with van der Waals surface area (Å²) in [5.74, 6) is 0.731. The van der Waals surface area contributed by atoms with Gasteiger partial charge in [0.15, 0.2) is 0 Å². The summed E-state index contributed by atoms with van der Waals surface area (Å²) in [4.78, 5) is 30.0. The van der Waals surface area contributed by atoms with Gasteiger partial charge in [0, 0.05) is 25.7 Å². The molecule has 0 aliphatic carbocycles. The van der Waals surface area contributed by atoms with E-state index >= 15 is 0 Å². The first-order valence-electron chi connectivity index (χ1n) is 10.8. The van der Waals surface area contributed by atoms with Crippen LogP contribution in [0.5, 0.6) is 11.5 Å². The minimum absolute atomic E-state index is 0.0944. The molecule has 1 fully saturated rings. The second-order valence-corrected chi connectivity index (χ2v) is 7.73. The zero-order chi connectivity index (χ0) is 23.2. The smallest absolute Gasteiger partial charge is 0.324 e. The number of carbonyl (C=O) groups is 2. The van der Waals surface area contributed by atoms with Crippen LogP contribution in [-0.4, -0.2) is 44.1 Å². The van der Waals surface area contributed by atoms with Crippen molar-refractivity contribution in [2.24, 2.45) is 0 Å². The summed E-state index contributed by atoms with van der Waals surface area (Å²) < 4.78 is 10.7. The third kappa shape index (κ3) is 4.92. The Hall–Kier alpha value is -4.00. The Morgan fingerprint density at radius 3 is 2.45 bits per heavy atom. The van der Waals surface area contributed by atoms with Gasteiger partial charge in [0.05, 0.1) is 31.2 Å². The molecule has 1 aliphatic heterocycles. The summed E-state index contributed by atoms with van der Waals surface area (Å²) in [6, 6.07) is 22.2. The third-order valence-corrected chi connectivity index (χ3v) is 5.62. The van der Waals surface area contributed by atoms with E-state index in [9.17, 15) is 9.59 Å². The molecule has 7 nitrogen and oxygen atoms in total. The highest BCUT2D eigenvalue weighted by atomic mass is 16.5. The van der Waals surface area contributed by atoms with Crippen molar-refractivity contribution in [2.45, 2.75) is 13.0 Å². The lowest BCUT2D eigenvalue weighted by atomic mass is 10.1. The van der Waals surface area contributed by atoms with Gasteiger partial charge in [0.2, 0.25) is 0 Å². The van der Waals surface area contributed by atoms with Gasteiger partial charge in [0.1, 0.15) is 11.5 Å². The second kappa shape index (κ2) is 10.1. The monoisotopic (exact) mass is 445 g/mol. The van der Waals surface area contributed by atoms with Crippen molar-refractivity contribution in [3.05, 3.63) is 83.9 Å². The molecule has 1 N–H and O–H groups in total. The van der Waals surface area contributed by atoms with E-state index in [1.165, 1.54) is 7.11 Å². The molecule has 3 aromatic rings. The highest BCUT2D eigenvalue weighted by molar-refractivity contribution is 6.09. The first kappa shape index (κ1) is 22.2. The number of nitrogens with one attached hydrogen (secondary N) is 1. The molecule has 7 heteroatoms. The van der Waals surface area contributed by atoms with Crippen LogP contribution in [0.15, 0.2) is 72.8 Å². The maximum Gasteiger partial charge on any atom is 0.324 e. The second-order valence-electron chi connectivity index (χ2n) is 7.73. The maximum absolute atomic E-state index is 13.4. The summed E-state index contributed by atoms with van der Waals surface area (Å²) in [6.07, 6.45) is 0.824. The number of amides is 3. The standard InChI is InChI=1S/C26H27N3O4/c1-32-20-13-14-23(22(17-20)27-25(30)21-11-6-7-12-24(21)33-2)29-16-8-15-28(26(29)31)18-19-9-4-3-5-10-19/h3-7,9-14,17H,8,15-16,18H2,1-2H3,(H,27,30). The zero-order valence-electron chi connectivity index (χ0n) is 18.8. The fourth-order valence-corrected chi connectivity index (χ4v) is 3.96. The van der Waals surface area contributed by atoms with Crippen molar-refractivity contribution in [1.82, 2.24) is 4.90 Å². The third-order valence-electron chi connectivity index (χ3n) is 5.62. The van der Waals surface area contributed by atoms with E-state index in [1.54, 1.807) is 54.5 Å². The van der Waals surface area contributed by atoms with E-state index in [2.05, 4.69) is 5.32 Å². The van der Waals surface area contributed by atoms with Crippen molar-refractivity contribution < 1.29 is 19.1 Å². The van der Waals surface area contributed by atoms with E-state index in [0.29, 0.717) is 48.1 Å². The number of carbonyl (C=O) groups excluding carboxylic acids is 2. The van der Waals surface area contributed by atoms with Crippen LogP contribution in [0.2, 0.25) is 0 Å². The molecule has 0 unspecified atom stereocenters. The predicted molar refractivity (Wildman–Crippen MR) is 128 cm³/mol. The fraction of sp³-hybridized carbons (Fsp3) is 0.231. The van der Waals surface area contributed by atoms with Crippen LogP contribution < -0.4 is 19.7 Å². The number of para-hydroxylation sites is 1. The average molecular weight is 446 g/mol. The molecule has 1 heterocycles. The molecule has 0 radical (unpaired) electrons. The Morgan fingerprint density at radius 1 is 0.939 bits per heavy atom. The van der Waals surface area contributed by atoms with Crippen molar-refractivity contribution >= 4 is 23.3 Å². The minimum Gasteiger partial charge on any atom is -0.497 e. The van der Waals surface area contributed by atoms with Gasteiger partial charge in [-0.15, -0.1) is 0 Å². The Kier molecular flexibility index (Phi) is 6.78. The van der Waals surface area contributed by atoms with E-state index in [1.807, 2.05) is 35.2 Å². The Morgan fingerprint density at radius 2 is 1.70 bits per heavy atom. The molecule has 0 bridgehead atoms. The molecule has 0 aromatic heterocycles. The first-order chi connectivity index (χ1) is 16.1. The number of anilines is 2. The van der Waals surface area contributed by atoms with Crippen LogP contribution in [0.4, 0.5) is 16.2 Å². The lowest BCUT2D eigenvalue weighted by Crippen LogP contribution is -2.49. The quantitative estimate of drug-likeness (QED) is 0.568. The lowest BCUT2D eigenvalue weighted by molar-refractivity contribution is 0.102. The lowest BCUT2D eigenvalue weighted by Gasteiger charge is -2.36. The molecule has 3 aromatic carbocycles. The maximum atomic E-state index is 13.4. The van der Waals surface area contributed by atoms with Crippen molar-refractivity contribution in [3.8, 4) is 11.5 Å². The van der Waals surface area contributed by atoms with Gasteiger partial charge in [-0.05, 0) is 36.2 Å². The fourth-order valence-electron chi connectivity index (χ4n) is 3.96. The topological polar surface area (TPSA) is 71.1 Å². The Labute approximate surface area is 193 Å². The highest BCUT2D eigenvalue weighted by Crippen LogP contribution is 2.33. The molecule has 1 saturated heterocycles. The number of ether oxygens (including phenoxy) is 2. The van der Waals surface area contributed by atoms with Gasteiger partial charge in [0.25, 0.3) is 5.91 Å². The van der Waals surface area contributed by atoms with Crippen LogP contribution in [-0.2, 0) is 6.54 Å². The number of hydrogen-bond donors (Lipinski definition) is 1. The molecule has 0 atom stereocenters. The molecule has 4 rings (SSSR count). The first-order valence-corrected chi connectivity index (χ1v) is 10.8. The van der Waals surface area contributed by atoms with Crippen LogP contribution >= 0.6 is 0 Å². The van der Waals surface area contributed by atoms with E-state index < -0.39 is 0 Å². The summed E-state index contributed by atoms with van der Waals surface area (Å²) in [7, 11) is 3.09. The van der Waals surface area contributed by atoms with Gasteiger partial charge in [-0.2, -0.15) is 0 Å². The molecule has 170 valence electrons. The van der Waals surface area contributed by atoms with Gasteiger partial charge >= 0.3 is 6.03 Å². The van der Waals surface area contributed by atoms with E-state index in [-0.39, 0.29) is 11.9 Å². The highest BCUT2D eigenvalue weighted by Gasteiger charge is 2.29. The number of rotatable bonds is 7. The molecular formula is C26H27N3O4. The summed E-state index contributed by atoms with van der Waals surface area (Å²) >= 11 is 0. The number of urea groups is 1. The van der Waals surface area contributed by atoms with Crippen molar-refractivity contribution in [2.75, 3.05) is 37.5 Å². The molecule has 1 aliphatic rings. The summed E-state index contributed by atoms with van der Waals surface area (Å²) in [5.41, 5.74) is 2.61. The molecule has 0 saturated carbocycles. The molecule has 33 heavy (non-hydrogen) atoms. The average Bonchev–Trinajstić information content (AvgIpc) is 2.86. The largest absolute Gasteiger partial charge is 0.497 e. The SMILES string of the molecule is COc1ccc(N2CCCN(Cc3ccccc3)C2=O)c(NC(=O)c2ccccc2OC)c1.